The minimum Gasteiger partial charge on any atom is -0.497 e. The van der Waals surface area contributed by atoms with Gasteiger partial charge in [-0.1, -0.05) is 43.7 Å². The number of nitrogens with zero attached hydrogens (tertiary/aromatic N) is 5. The highest BCUT2D eigenvalue weighted by atomic mass is 35.5. The van der Waals surface area contributed by atoms with E-state index in [4.69, 9.17) is 21.1 Å². The molecule has 2 saturated carbocycles. The van der Waals surface area contributed by atoms with Crippen LogP contribution < -0.4 is 14.8 Å². The van der Waals surface area contributed by atoms with E-state index in [-0.39, 0.29) is 30.4 Å². The Morgan fingerprint density at radius 1 is 1.00 bits per heavy atom. The van der Waals surface area contributed by atoms with Crippen molar-refractivity contribution in [1.29, 1.82) is 0 Å². The lowest BCUT2D eigenvalue weighted by atomic mass is 9.94. The van der Waals surface area contributed by atoms with Crippen molar-refractivity contribution in [2.24, 2.45) is 0 Å². The number of carbonyl (C=O) groups excluding carboxylic acids is 2. The third-order valence-electron chi connectivity index (χ3n) is 8.05. The first-order valence-corrected chi connectivity index (χ1v) is 14.7. The van der Waals surface area contributed by atoms with Crippen LogP contribution in [0.1, 0.15) is 69.4 Å². The molecule has 41 heavy (non-hydrogen) atoms. The fraction of sp³-hybridized carbons (Fsp3) is 0.500. The standard InChI is InChI=1S/C30H37ClN6O4/c1-40-24-16-17-26(41-2)25(18-24)28(30(39)32-22-8-4-3-5-9-22)37(23-10-6-7-11-23)27(38)19-36-34-29(33-35-36)20-12-14-21(31)15-13-20/h12-18,22-23,28H,3-11,19H2,1-2H3,(H,32,39). The van der Waals surface area contributed by atoms with E-state index in [2.05, 4.69) is 20.7 Å². The molecule has 218 valence electrons. The summed E-state index contributed by atoms with van der Waals surface area (Å²) in [6.07, 6.45) is 8.80. The quantitative estimate of drug-likeness (QED) is 0.360. The van der Waals surface area contributed by atoms with Crippen LogP contribution in [0, 0.1) is 0 Å². The molecule has 1 N–H and O–H groups in total. The van der Waals surface area contributed by atoms with Crippen molar-refractivity contribution in [2.45, 2.75) is 82.5 Å². The van der Waals surface area contributed by atoms with Crippen LogP contribution in [0.25, 0.3) is 11.4 Å². The number of benzene rings is 2. The molecule has 2 aliphatic rings. The van der Waals surface area contributed by atoms with Crippen LogP contribution in [0.2, 0.25) is 5.02 Å². The van der Waals surface area contributed by atoms with Gasteiger partial charge in [0, 0.05) is 28.2 Å². The Balaban J connectivity index is 1.49. The molecule has 2 amide bonds. The normalized spacial score (nSPS) is 16.8. The van der Waals surface area contributed by atoms with E-state index >= 15 is 0 Å². The number of hydrogen-bond acceptors (Lipinski definition) is 7. The predicted molar refractivity (Wildman–Crippen MR) is 155 cm³/mol. The van der Waals surface area contributed by atoms with Gasteiger partial charge in [0.15, 0.2) is 0 Å². The topological polar surface area (TPSA) is 111 Å². The van der Waals surface area contributed by atoms with Crippen LogP contribution in [0.15, 0.2) is 42.5 Å². The monoisotopic (exact) mass is 580 g/mol. The molecular weight excluding hydrogens is 544 g/mol. The fourth-order valence-electron chi connectivity index (χ4n) is 5.97. The second-order valence-corrected chi connectivity index (χ2v) is 11.2. The van der Waals surface area contributed by atoms with E-state index < -0.39 is 6.04 Å². The maximum Gasteiger partial charge on any atom is 0.247 e. The first-order chi connectivity index (χ1) is 20.0. The summed E-state index contributed by atoms with van der Waals surface area (Å²) in [6, 6.07) is 11.5. The summed E-state index contributed by atoms with van der Waals surface area (Å²) in [5.74, 6) is 1.03. The molecule has 1 aromatic heterocycles. The van der Waals surface area contributed by atoms with Crippen molar-refractivity contribution in [1.82, 2.24) is 30.4 Å². The molecule has 0 aliphatic heterocycles. The lowest BCUT2D eigenvalue weighted by Crippen LogP contribution is -2.51. The van der Waals surface area contributed by atoms with Crippen molar-refractivity contribution in [2.75, 3.05) is 14.2 Å². The zero-order chi connectivity index (χ0) is 28.8. The molecule has 0 spiro atoms. The summed E-state index contributed by atoms with van der Waals surface area (Å²) < 4.78 is 11.2. The van der Waals surface area contributed by atoms with Crippen molar-refractivity contribution in [3.8, 4) is 22.9 Å². The highest BCUT2D eigenvalue weighted by molar-refractivity contribution is 6.30. The van der Waals surface area contributed by atoms with Gasteiger partial charge in [0.1, 0.15) is 24.1 Å². The van der Waals surface area contributed by atoms with Gasteiger partial charge in [-0.25, -0.2) is 0 Å². The highest BCUT2D eigenvalue weighted by Crippen LogP contribution is 2.38. The summed E-state index contributed by atoms with van der Waals surface area (Å²) >= 11 is 6.02. The van der Waals surface area contributed by atoms with Crippen LogP contribution in [-0.4, -0.2) is 63.2 Å². The van der Waals surface area contributed by atoms with Crippen LogP contribution in [0.4, 0.5) is 0 Å². The summed E-state index contributed by atoms with van der Waals surface area (Å²) in [7, 11) is 3.15. The molecule has 2 fully saturated rings. The Kier molecular flexibility index (Phi) is 9.38. The first kappa shape index (κ1) is 28.9. The Morgan fingerprint density at radius 2 is 1.71 bits per heavy atom. The predicted octanol–water partition coefficient (Wildman–Crippen LogP) is 4.97. The van der Waals surface area contributed by atoms with Crippen LogP contribution in [0.3, 0.4) is 0 Å². The molecule has 1 atom stereocenters. The van der Waals surface area contributed by atoms with Gasteiger partial charge >= 0.3 is 0 Å². The number of rotatable bonds is 10. The highest BCUT2D eigenvalue weighted by Gasteiger charge is 2.40. The molecular formula is C30H37ClN6O4. The molecule has 1 unspecified atom stereocenters. The number of aromatic nitrogens is 4. The summed E-state index contributed by atoms with van der Waals surface area (Å²) in [6.45, 7) is -0.156. The second kappa shape index (κ2) is 13.3. The van der Waals surface area contributed by atoms with Crippen molar-refractivity contribution in [3.05, 3.63) is 53.1 Å². The average molecular weight is 581 g/mol. The number of hydrogen-bond donors (Lipinski definition) is 1. The van der Waals surface area contributed by atoms with Gasteiger partial charge in [-0.3, -0.25) is 9.59 Å². The average Bonchev–Trinajstić information content (AvgIpc) is 3.69. The van der Waals surface area contributed by atoms with Gasteiger partial charge < -0.3 is 19.7 Å². The third-order valence-corrected chi connectivity index (χ3v) is 8.30. The summed E-state index contributed by atoms with van der Waals surface area (Å²) in [5.41, 5.74) is 1.33. The van der Waals surface area contributed by atoms with Crippen molar-refractivity contribution < 1.29 is 19.1 Å². The smallest absolute Gasteiger partial charge is 0.247 e. The second-order valence-electron chi connectivity index (χ2n) is 10.7. The molecule has 5 rings (SSSR count). The SMILES string of the molecule is COc1ccc(OC)c(C(C(=O)NC2CCCCC2)N(C(=O)Cn2nnc(-c3ccc(Cl)cc3)n2)C2CCCC2)c1. The van der Waals surface area contributed by atoms with Gasteiger partial charge in [-0.15, -0.1) is 10.2 Å². The van der Waals surface area contributed by atoms with Crippen LogP contribution in [-0.2, 0) is 16.1 Å². The molecule has 0 saturated heterocycles. The number of halogens is 1. The number of tetrazole rings is 1. The van der Waals surface area contributed by atoms with Gasteiger partial charge in [-0.05, 0) is 73.4 Å². The molecule has 2 aromatic carbocycles. The molecule has 0 bridgehead atoms. The lowest BCUT2D eigenvalue weighted by Gasteiger charge is -2.37. The maximum atomic E-state index is 14.2. The Morgan fingerprint density at radius 3 is 2.39 bits per heavy atom. The van der Waals surface area contributed by atoms with E-state index in [1.807, 2.05) is 0 Å². The minimum absolute atomic E-state index is 0.0785. The number of ether oxygens (including phenoxy) is 2. The van der Waals surface area contributed by atoms with E-state index in [1.165, 1.54) is 11.2 Å². The number of methoxy groups -OCH3 is 2. The Hall–Kier alpha value is -3.66. The van der Waals surface area contributed by atoms with Gasteiger partial charge in [0.2, 0.25) is 17.6 Å². The zero-order valence-electron chi connectivity index (χ0n) is 23.6. The molecule has 3 aromatic rings. The largest absolute Gasteiger partial charge is 0.497 e. The molecule has 11 heteroatoms. The van der Waals surface area contributed by atoms with E-state index in [9.17, 15) is 9.59 Å². The van der Waals surface area contributed by atoms with E-state index in [1.54, 1.807) is 61.6 Å². The maximum absolute atomic E-state index is 14.2. The van der Waals surface area contributed by atoms with Crippen molar-refractivity contribution >= 4 is 23.4 Å². The van der Waals surface area contributed by atoms with Crippen molar-refractivity contribution in [3.63, 3.8) is 0 Å². The van der Waals surface area contributed by atoms with Crippen LogP contribution in [0.5, 0.6) is 11.5 Å². The minimum atomic E-state index is -0.906. The van der Waals surface area contributed by atoms with E-state index in [0.29, 0.717) is 27.9 Å². The number of carbonyl (C=O) groups is 2. The molecule has 10 nitrogen and oxygen atoms in total. The van der Waals surface area contributed by atoms with Gasteiger partial charge in [0.25, 0.3) is 0 Å². The summed E-state index contributed by atoms with van der Waals surface area (Å²) in [5, 5.41) is 16.6. The third kappa shape index (κ3) is 6.81. The zero-order valence-corrected chi connectivity index (χ0v) is 24.3. The first-order valence-electron chi connectivity index (χ1n) is 14.3. The number of amides is 2. The Bertz CT molecular complexity index is 1340. The van der Waals surface area contributed by atoms with E-state index in [0.717, 1.165) is 56.9 Å². The molecule has 2 aliphatic carbocycles. The van der Waals surface area contributed by atoms with Gasteiger partial charge in [0.05, 0.1) is 14.2 Å². The fourth-order valence-corrected chi connectivity index (χ4v) is 6.09. The molecule has 0 radical (unpaired) electrons. The van der Waals surface area contributed by atoms with Gasteiger partial charge in [-0.2, -0.15) is 4.80 Å². The van der Waals surface area contributed by atoms with Crippen LogP contribution >= 0.6 is 11.6 Å². The summed E-state index contributed by atoms with van der Waals surface area (Å²) in [4.78, 5) is 31.4. The lowest BCUT2D eigenvalue weighted by molar-refractivity contribution is -0.144. The molecule has 1 heterocycles. The number of nitrogens with one attached hydrogen (secondary N) is 1. The Labute approximate surface area is 245 Å².